The number of ether oxygens (including phenoxy) is 1. The number of aliphatic hydroxyl groups is 1. The van der Waals surface area contributed by atoms with Crippen LogP contribution in [-0.2, 0) is 13.1 Å². The summed E-state index contributed by atoms with van der Waals surface area (Å²) < 4.78 is 7.66. The lowest BCUT2D eigenvalue weighted by atomic mass is 9.89. The van der Waals surface area contributed by atoms with E-state index < -0.39 is 0 Å². The minimum absolute atomic E-state index is 0.296. The molecule has 1 N–H and O–H groups in total. The predicted molar refractivity (Wildman–Crippen MR) is 110 cm³/mol. The lowest BCUT2D eigenvalue weighted by Crippen LogP contribution is -2.36. The van der Waals surface area contributed by atoms with Gasteiger partial charge in [-0.1, -0.05) is 31.4 Å². The maximum atomic E-state index is 9.98. The van der Waals surface area contributed by atoms with E-state index in [0.717, 1.165) is 37.8 Å². The summed E-state index contributed by atoms with van der Waals surface area (Å²) >= 11 is 0. The van der Waals surface area contributed by atoms with Crippen LogP contribution >= 0.6 is 0 Å². The molecule has 4 heteroatoms. The molecule has 0 spiro atoms. The van der Waals surface area contributed by atoms with Crippen LogP contribution in [0, 0.1) is 5.92 Å². The Morgan fingerprint density at radius 3 is 2.74 bits per heavy atom. The van der Waals surface area contributed by atoms with Crippen molar-refractivity contribution in [3.8, 4) is 5.75 Å². The highest BCUT2D eigenvalue weighted by Gasteiger charge is 2.19. The van der Waals surface area contributed by atoms with Crippen molar-refractivity contribution in [3.05, 3.63) is 53.9 Å². The fourth-order valence-corrected chi connectivity index (χ4v) is 4.26. The van der Waals surface area contributed by atoms with Gasteiger partial charge in [-0.05, 0) is 55.5 Å². The summed E-state index contributed by atoms with van der Waals surface area (Å²) in [6.07, 6.45) is 8.63. The molecule has 1 aliphatic carbocycles. The Morgan fingerprint density at radius 1 is 1.19 bits per heavy atom. The van der Waals surface area contributed by atoms with Gasteiger partial charge in [0.25, 0.3) is 0 Å². The monoisotopic (exact) mass is 370 g/mol. The van der Waals surface area contributed by atoms with Crippen molar-refractivity contribution in [1.82, 2.24) is 9.47 Å². The van der Waals surface area contributed by atoms with Crippen LogP contribution in [0.15, 0.2) is 42.6 Å². The van der Waals surface area contributed by atoms with Crippen LogP contribution < -0.4 is 4.74 Å². The molecular weight excluding hydrogens is 336 g/mol. The first-order valence-electron chi connectivity index (χ1n) is 10.3. The van der Waals surface area contributed by atoms with Crippen molar-refractivity contribution in [2.45, 2.75) is 58.2 Å². The summed E-state index contributed by atoms with van der Waals surface area (Å²) in [4.78, 5) is 2.44. The number of benzene rings is 1. The van der Waals surface area contributed by atoms with Gasteiger partial charge in [0, 0.05) is 38.1 Å². The summed E-state index contributed by atoms with van der Waals surface area (Å²) in [6.45, 7) is 5.45. The smallest absolute Gasteiger partial charge is 0.119 e. The van der Waals surface area contributed by atoms with Gasteiger partial charge in [-0.2, -0.15) is 0 Å². The molecule has 2 aromatic rings. The summed E-state index contributed by atoms with van der Waals surface area (Å²) in [6, 6.07) is 12.6. The van der Waals surface area contributed by atoms with Gasteiger partial charge in [0.1, 0.15) is 5.75 Å². The molecule has 0 radical (unpaired) electrons. The van der Waals surface area contributed by atoms with Gasteiger partial charge in [0.05, 0.1) is 13.2 Å². The van der Waals surface area contributed by atoms with Gasteiger partial charge >= 0.3 is 0 Å². The first-order valence-corrected chi connectivity index (χ1v) is 10.3. The fourth-order valence-electron chi connectivity index (χ4n) is 4.26. The van der Waals surface area contributed by atoms with E-state index in [4.69, 9.17) is 4.74 Å². The highest BCUT2D eigenvalue weighted by Crippen LogP contribution is 2.25. The van der Waals surface area contributed by atoms with E-state index in [-0.39, 0.29) is 6.10 Å². The Labute approximate surface area is 163 Å². The van der Waals surface area contributed by atoms with E-state index in [9.17, 15) is 5.11 Å². The molecule has 0 amide bonds. The molecule has 0 bridgehead atoms. The second-order valence-electron chi connectivity index (χ2n) is 8.03. The number of nitrogens with zero attached hydrogens (tertiary/aromatic N) is 2. The quantitative estimate of drug-likeness (QED) is 0.715. The minimum atomic E-state index is -0.296. The largest absolute Gasteiger partial charge is 0.497 e. The lowest BCUT2D eigenvalue weighted by molar-refractivity contribution is 0.103. The molecule has 27 heavy (non-hydrogen) atoms. The van der Waals surface area contributed by atoms with Crippen molar-refractivity contribution in [1.29, 1.82) is 0 Å². The molecule has 0 aliphatic heterocycles. The molecule has 4 nitrogen and oxygen atoms in total. The molecule has 1 fully saturated rings. The number of rotatable bonds is 9. The highest BCUT2D eigenvalue weighted by atomic mass is 16.5. The zero-order chi connectivity index (χ0) is 19.1. The van der Waals surface area contributed by atoms with Crippen LogP contribution in [0.4, 0.5) is 0 Å². The van der Waals surface area contributed by atoms with Crippen molar-refractivity contribution in [3.63, 3.8) is 0 Å². The molecular formula is C23H34N2O2. The van der Waals surface area contributed by atoms with Crippen molar-refractivity contribution in [2.24, 2.45) is 5.92 Å². The number of aliphatic hydroxyl groups excluding tert-OH is 1. The molecule has 3 rings (SSSR count). The SMILES string of the molecule is COc1cccc(Cn2cccc2CN(CC2CCCCC2)C[C@@H](C)O)c1. The van der Waals surface area contributed by atoms with Gasteiger partial charge in [-0.25, -0.2) is 0 Å². The topological polar surface area (TPSA) is 37.6 Å². The van der Waals surface area contributed by atoms with Crippen LogP contribution in [0.3, 0.4) is 0 Å². The summed E-state index contributed by atoms with van der Waals surface area (Å²) in [5.74, 6) is 1.67. The van der Waals surface area contributed by atoms with Crippen molar-refractivity contribution in [2.75, 3.05) is 20.2 Å². The molecule has 148 valence electrons. The van der Waals surface area contributed by atoms with Gasteiger partial charge in [0.15, 0.2) is 0 Å². The Morgan fingerprint density at radius 2 is 2.00 bits per heavy atom. The van der Waals surface area contributed by atoms with E-state index in [1.807, 2.05) is 19.1 Å². The van der Waals surface area contributed by atoms with E-state index in [1.165, 1.54) is 43.4 Å². The average molecular weight is 371 g/mol. The van der Waals surface area contributed by atoms with Gasteiger partial charge in [-0.15, -0.1) is 0 Å². The predicted octanol–water partition coefficient (Wildman–Crippen LogP) is 4.31. The van der Waals surface area contributed by atoms with Crippen molar-refractivity contribution < 1.29 is 9.84 Å². The third-order valence-corrected chi connectivity index (χ3v) is 5.56. The van der Waals surface area contributed by atoms with Crippen LogP contribution in [0.1, 0.15) is 50.3 Å². The molecule has 1 atom stereocenters. The zero-order valence-corrected chi connectivity index (χ0v) is 16.8. The third kappa shape index (κ3) is 6.12. The number of aromatic nitrogens is 1. The van der Waals surface area contributed by atoms with Gasteiger partial charge < -0.3 is 14.4 Å². The molecule has 1 aromatic carbocycles. The fraction of sp³-hybridized carbons (Fsp3) is 0.565. The van der Waals surface area contributed by atoms with E-state index in [0.29, 0.717) is 0 Å². The van der Waals surface area contributed by atoms with Crippen LogP contribution in [-0.4, -0.2) is 40.9 Å². The molecule has 0 unspecified atom stereocenters. The van der Waals surface area contributed by atoms with E-state index in [1.54, 1.807) is 7.11 Å². The number of hydrogen-bond acceptors (Lipinski definition) is 3. The molecule has 1 saturated carbocycles. The summed E-state index contributed by atoms with van der Waals surface area (Å²) in [7, 11) is 1.71. The second kappa shape index (κ2) is 9.95. The van der Waals surface area contributed by atoms with E-state index in [2.05, 4.69) is 39.9 Å². The molecule has 1 aliphatic rings. The molecule has 1 aromatic heterocycles. The first kappa shape index (κ1) is 20.0. The van der Waals surface area contributed by atoms with Crippen LogP contribution in [0.5, 0.6) is 5.75 Å². The average Bonchev–Trinajstić information content (AvgIpc) is 3.09. The van der Waals surface area contributed by atoms with Gasteiger partial charge in [-0.3, -0.25) is 4.90 Å². The highest BCUT2D eigenvalue weighted by molar-refractivity contribution is 5.29. The Kier molecular flexibility index (Phi) is 7.36. The first-order chi connectivity index (χ1) is 13.1. The molecule has 1 heterocycles. The maximum Gasteiger partial charge on any atom is 0.119 e. The zero-order valence-electron chi connectivity index (χ0n) is 16.8. The second-order valence-corrected chi connectivity index (χ2v) is 8.03. The third-order valence-electron chi connectivity index (χ3n) is 5.56. The summed E-state index contributed by atoms with van der Waals surface area (Å²) in [5.41, 5.74) is 2.54. The minimum Gasteiger partial charge on any atom is -0.497 e. The van der Waals surface area contributed by atoms with E-state index >= 15 is 0 Å². The van der Waals surface area contributed by atoms with Crippen LogP contribution in [0.25, 0.3) is 0 Å². The Bertz CT molecular complexity index is 689. The summed E-state index contributed by atoms with van der Waals surface area (Å²) in [5, 5.41) is 9.98. The number of hydrogen-bond donors (Lipinski definition) is 1. The van der Waals surface area contributed by atoms with Crippen molar-refractivity contribution >= 4 is 0 Å². The maximum absolute atomic E-state index is 9.98. The van der Waals surface area contributed by atoms with Crippen LogP contribution in [0.2, 0.25) is 0 Å². The standard InChI is InChI=1S/C23H34N2O2/c1-19(26)15-24(16-20-8-4-3-5-9-20)18-22-11-7-13-25(22)17-21-10-6-12-23(14-21)27-2/h6-7,10-14,19-20,26H,3-5,8-9,15-18H2,1-2H3/t19-/m1/s1. The molecule has 0 saturated heterocycles. The normalized spacial score (nSPS) is 16.6. The number of methoxy groups -OCH3 is 1. The van der Waals surface area contributed by atoms with Gasteiger partial charge in [0.2, 0.25) is 0 Å². The lowest BCUT2D eigenvalue weighted by Gasteiger charge is -2.30. The Hall–Kier alpha value is -1.78. The Balaban J connectivity index is 1.67.